The lowest BCUT2D eigenvalue weighted by atomic mass is 9.82. The van der Waals surface area contributed by atoms with E-state index < -0.39 is 16.8 Å². The summed E-state index contributed by atoms with van der Waals surface area (Å²) in [6, 6.07) is 7.70. The van der Waals surface area contributed by atoms with Crippen molar-refractivity contribution in [2.45, 2.75) is 12.8 Å². The van der Waals surface area contributed by atoms with Gasteiger partial charge in [-0.2, -0.15) is 5.26 Å². The van der Waals surface area contributed by atoms with Gasteiger partial charge < -0.3 is 15.2 Å². The van der Waals surface area contributed by atoms with E-state index in [-0.39, 0.29) is 40.6 Å². The molecule has 8 heteroatoms. The second-order valence-corrected chi connectivity index (χ2v) is 5.10. The van der Waals surface area contributed by atoms with Crippen LogP contribution in [0.3, 0.4) is 0 Å². The van der Waals surface area contributed by atoms with E-state index in [1.54, 1.807) is 6.07 Å². The van der Waals surface area contributed by atoms with Gasteiger partial charge in [0.15, 0.2) is 0 Å². The molecule has 128 valence electrons. The summed E-state index contributed by atoms with van der Waals surface area (Å²) in [5.74, 6) is -1.91. The highest BCUT2D eigenvalue weighted by molar-refractivity contribution is 5.93. The summed E-state index contributed by atoms with van der Waals surface area (Å²) >= 11 is 0. The van der Waals surface area contributed by atoms with Crippen molar-refractivity contribution in [1.29, 1.82) is 5.26 Å². The Hall–Kier alpha value is -3.60. The number of nitrogens with two attached hydrogens (primary N) is 1. The van der Waals surface area contributed by atoms with Crippen LogP contribution in [0.5, 0.6) is 0 Å². The van der Waals surface area contributed by atoms with Crippen LogP contribution in [0.2, 0.25) is 0 Å². The number of hydrogen-bond donors (Lipinski definition) is 1. The molecule has 25 heavy (non-hydrogen) atoms. The Morgan fingerprint density at radius 1 is 1.56 bits per heavy atom. The van der Waals surface area contributed by atoms with Crippen molar-refractivity contribution >= 4 is 11.7 Å². The third-order valence-corrected chi connectivity index (χ3v) is 3.60. The normalized spacial score (nSPS) is 16.7. The first-order valence-electron chi connectivity index (χ1n) is 7.22. The summed E-state index contributed by atoms with van der Waals surface area (Å²) in [5.41, 5.74) is 5.57. The molecular weight excluding hydrogens is 326 g/mol. The molecule has 0 bridgehead atoms. The van der Waals surface area contributed by atoms with Crippen molar-refractivity contribution in [3.8, 4) is 6.07 Å². The van der Waals surface area contributed by atoms with Crippen molar-refractivity contribution in [2.24, 2.45) is 5.73 Å². The van der Waals surface area contributed by atoms with Gasteiger partial charge in [-0.1, -0.05) is 30.9 Å². The largest absolute Gasteiger partial charge is 0.458 e. The topological polar surface area (TPSA) is 128 Å². The van der Waals surface area contributed by atoms with Gasteiger partial charge in [-0.3, -0.25) is 10.1 Å². The molecule has 1 aliphatic rings. The Labute approximate surface area is 143 Å². The molecule has 1 aromatic rings. The first-order valence-corrected chi connectivity index (χ1v) is 7.22. The second kappa shape index (κ2) is 7.31. The number of para-hydroxylation sites is 1. The van der Waals surface area contributed by atoms with Gasteiger partial charge in [-0.25, -0.2) is 4.79 Å². The fraction of sp³-hybridized carbons (Fsp3) is 0.176. The van der Waals surface area contributed by atoms with Gasteiger partial charge >= 0.3 is 5.97 Å². The average molecular weight is 341 g/mol. The molecular formula is C17H15N3O5. The fourth-order valence-electron chi connectivity index (χ4n) is 2.57. The summed E-state index contributed by atoms with van der Waals surface area (Å²) < 4.78 is 10.3. The van der Waals surface area contributed by atoms with Crippen LogP contribution in [0, 0.1) is 21.4 Å². The lowest BCUT2D eigenvalue weighted by molar-refractivity contribution is -0.385. The number of benzene rings is 1. The van der Waals surface area contributed by atoms with E-state index in [4.69, 9.17) is 15.2 Å². The van der Waals surface area contributed by atoms with Gasteiger partial charge in [0.2, 0.25) is 5.88 Å². The molecule has 1 aliphatic heterocycles. The minimum Gasteiger partial charge on any atom is -0.458 e. The second-order valence-electron chi connectivity index (χ2n) is 5.10. The van der Waals surface area contributed by atoms with Crippen molar-refractivity contribution in [2.75, 3.05) is 6.61 Å². The first kappa shape index (κ1) is 17.7. The fourth-order valence-corrected chi connectivity index (χ4v) is 2.57. The van der Waals surface area contributed by atoms with Crippen molar-refractivity contribution < 1.29 is 19.2 Å². The molecule has 1 unspecified atom stereocenters. The zero-order valence-electron chi connectivity index (χ0n) is 13.4. The minimum absolute atomic E-state index is 0.0121. The van der Waals surface area contributed by atoms with Crippen molar-refractivity contribution in [3.63, 3.8) is 0 Å². The SMILES string of the molecule is C=CCOC(=O)C1=C(C)OC(N)=C(C#N)C1c1ccccc1[N+](=O)[O-]. The van der Waals surface area contributed by atoms with E-state index in [0.717, 1.165) is 0 Å². The zero-order chi connectivity index (χ0) is 18.6. The summed E-state index contributed by atoms with van der Waals surface area (Å²) in [4.78, 5) is 23.2. The lowest BCUT2D eigenvalue weighted by Gasteiger charge is -2.26. The number of nitro benzene ring substituents is 1. The molecule has 1 aromatic carbocycles. The molecule has 0 aromatic heterocycles. The number of nitriles is 1. The van der Waals surface area contributed by atoms with E-state index >= 15 is 0 Å². The smallest absolute Gasteiger partial charge is 0.338 e. The lowest BCUT2D eigenvalue weighted by Crippen LogP contribution is -2.26. The summed E-state index contributed by atoms with van der Waals surface area (Å²) in [6.45, 7) is 4.88. The minimum atomic E-state index is -1.06. The Kier molecular flexibility index (Phi) is 5.19. The predicted octanol–water partition coefficient (Wildman–Crippen LogP) is 2.41. The highest BCUT2D eigenvalue weighted by atomic mass is 16.6. The number of nitrogens with zero attached hydrogens (tertiary/aromatic N) is 2. The number of hydrogen-bond acceptors (Lipinski definition) is 7. The molecule has 0 saturated carbocycles. The van der Waals surface area contributed by atoms with Crippen LogP contribution in [-0.4, -0.2) is 17.5 Å². The van der Waals surface area contributed by atoms with Gasteiger partial charge in [0.1, 0.15) is 24.0 Å². The quantitative estimate of drug-likeness (QED) is 0.377. The van der Waals surface area contributed by atoms with Crippen molar-refractivity contribution in [3.05, 3.63) is 75.4 Å². The standard InChI is InChI=1S/C17H15N3O5/c1-3-8-24-17(21)14-10(2)25-16(19)12(9-18)15(14)11-6-4-5-7-13(11)20(22)23/h3-7,15H,1,8,19H2,2H3. The Bertz CT molecular complexity index is 848. The van der Waals surface area contributed by atoms with Crippen LogP contribution < -0.4 is 5.73 Å². The number of esters is 1. The van der Waals surface area contributed by atoms with Crippen molar-refractivity contribution in [1.82, 2.24) is 0 Å². The Balaban J connectivity index is 2.68. The highest BCUT2D eigenvalue weighted by Crippen LogP contribution is 2.42. The molecule has 1 atom stereocenters. The third-order valence-electron chi connectivity index (χ3n) is 3.60. The van der Waals surface area contributed by atoms with Crippen LogP contribution >= 0.6 is 0 Å². The molecule has 1 heterocycles. The molecule has 0 radical (unpaired) electrons. The molecule has 0 spiro atoms. The number of ether oxygens (including phenoxy) is 2. The number of nitro groups is 1. The Morgan fingerprint density at radius 2 is 2.24 bits per heavy atom. The van der Waals surface area contributed by atoms with Crippen LogP contribution in [0.15, 0.2) is 59.7 Å². The van der Waals surface area contributed by atoms with Crippen LogP contribution in [0.25, 0.3) is 0 Å². The maximum Gasteiger partial charge on any atom is 0.338 e. The number of carbonyl (C=O) groups excluding carboxylic acids is 1. The van der Waals surface area contributed by atoms with Gasteiger partial charge in [-0.05, 0) is 6.92 Å². The summed E-state index contributed by atoms with van der Waals surface area (Å²) in [5, 5.41) is 20.8. The third kappa shape index (κ3) is 3.35. The predicted molar refractivity (Wildman–Crippen MR) is 87.6 cm³/mol. The molecule has 0 fully saturated rings. The van der Waals surface area contributed by atoms with Crippen LogP contribution in [-0.2, 0) is 14.3 Å². The molecule has 2 N–H and O–H groups in total. The zero-order valence-corrected chi connectivity index (χ0v) is 13.4. The highest BCUT2D eigenvalue weighted by Gasteiger charge is 2.39. The molecule has 2 rings (SSSR count). The molecule has 0 amide bonds. The number of carbonyl (C=O) groups is 1. The maximum atomic E-state index is 12.4. The van der Waals surface area contributed by atoms with E-state index in [1.165, 1.54) is 31.2 Å². The van der Waals surface area contributed by atoms with Crippen LogP contribution in [0.1, 0.15) is 18.4 Å². The van der Waals surface area contributed by atoms with Gasteiger partial charge in [0.25, 0.3) is 5.69 Å². The van der Waals surface area contributed by atoms with Gasteiger partial charge in [0.05, 0.1) is 16.4 Å². The molecule has 0 saturated heterocycles. The average Bonchev–Trinajstić information content (AvgIpc) is 2.59. The number of allylic oxidation sites excluding steroid dienone is 2. The summed E-state index contributed by atoms with van der Waals surface area (Å²) in [7, 11) is 0. The van der Waals surface area contributed by atoms with Gasteiger partial charge in [-0.15, -0.1) is 0 Å². The maximum absolute atomic E-state index is 12.4. The first-order chi connectivity index (χ1) is 11.9. The van der Waals surface area contributed by atoms with Crippen LogP contribution in [0.4, 0.5) is 5.69 Å². The molecule has 0 aliphatic carbocycles. The van der Waals surface area contributed by atoms with E-state index in [9.17, 15) is 20.2 Å². The van der Waals surface area contributed by atoms with E-state index in [1.807, 2.05) is 6.07 Å². The van der Waals surface area contributed by atoms with E-state index in [2.05, 4.69) is 6.58 Å². The molecule has 8 nitrogen and oxygen atoms in total. The summed E-state index contributed by atoms with van der Waals surface area (Å²) in [6.07, 6.45) is 1.38. The van der Waals surface area contributed by atoms with Gasteiger partial charge in [0, 0.05) is 11.6 Å². The number of rotatable bonds is 5. The van der Waals surface area contributed by atoms with E-state index in [0.29, 0.717) is 0 Å². The Morgan fingerprint density at radius 3 is 2.84 bits per heavy atom. The monoisotopic (exact) mass is 341 g/mol.